The smallest absolute Gasteiger partial charge is 0.121 e. The Morgan fingerprint density at radius 1 is 0.905 bits per heavy atom. The number of nitrogens with zero attached hydrogens (tertiary/aromatic N) is 1. The molecule has 0 radical (unpaired) electrons. The predicted octanol–water partition coefficient (Wildman–Crippen LogP) is 5.74. The molecule has 0 saturated heterocycles. The zero-order valence-electron chi connectivity index (χ0n) is 12.6. The van der Waals surface area contributed by atoms with Crippen LogP contribution in [0, 0.1) is 0 Å². The quantitative estimate of drug-likeness (QED) is 0.403. The van der Waals surface area contributed by atoms with E-state index in [0.717, 1.165) is 35.0 Å². The first kappa shape index (κ1) is 16.3. The van der Waals surface area contributed by atoms with Crippen LogP contribution in [0.1, 0.15) is 44.9 Å². The lowest BCUT2D eigenvalue weighted by Crippen LogP contribution is -1.97. The average molecular weight is 350 g/mol. The van der Waals surface area contributed by atoms with Crippen LogP contribution >= 0.6 is 15.9 Å². The predicted molar refractivity (Wildman–Crippen MR) is 93.4 cm³/mol. The van der Waals surface area contributed by atoms with E-state index < -0.39 is 0 Å². The number of benzene rings is 1. The Morgan fingerprint density at radius 3 is 2.48 bits per heavy atom. The van der Waals surface area contributed by atoms with Gasteiger partial charge in [0, 0.05) is 23.0 Å². The van der Waals surface area contributed by atoms with Gasteiger partial charge in [-0.15, -0.1) is 0 Å². The molecule has 2 rings (SSSR count). The summed E-state index contributed by atoms with van der Waals surface area (Å²) in [5, 5.41) is 2.30. The van der Waals surface area contributed by atoms with Crippen LogP contribution in [0.5, 0.6) is 5.75 Å². The van der Waals surface area contributed by atoms with Crippen molar-refractivity contribution in [2.75, 3.05) is 11.9 Å². The van der Waals surface area contributed by atoms with E-state index in [9.17, 15) is 0 Å². The van der Waals surface area contributed by atoms with E-state index in [4.69, 9.17) is 4.74 Å². The fourth-order valence-electron chi connectivity index (χ4n) is 2.41. The maximum absolute atomic E-state index is 5.81. The molecule has 0 amide bonds. The molecular weight excluding hydrogens is 326 g/mol. The van der Waals surface area contributed by atoms with Crippen molar-refractivity contribution in [3.8, 4) is 5.75 Å². The largest absolute Gasteiger partial charge is 0.494 e. The van der Waals surface area contributed by atoms with Crippen molar-refractivity contribution in [3.05, 3.63) is 36.5 Å². The van der Waals surface area contributed by atoms with Crippen LogP contribution in [0.2, 0.25) is 0 Å². The molecule has 21 heavy (non-hydrogen) atoms. The molecule has 0 unspecified atom stereocenters. The molecule has 0 atom stereocenters. The first-order valence-corrected chi connectivity index (χ1v) is 9.06. The molecule has 1 heterocycles. The Bertz CT molecular complexity index is 529. The van der Waals surface area contributed by atoms with E-state index in [1.165, 1.54) is 38.5 Å². The zero-order valence-corrected chi connectivity index (χ0v) is 14.1. The monoisotopic (exact) mass is 349 g/mol. The molecule has 0 fully saturated rings. The normalized spacial score (nSPS) is 10.9. The molecular formula is C18H24BrNO. The highest BCUT2D eigenvalue weighted by atomic mass is 79.9. The molecule has 0 saturated carbocycles. The SMILES string of the molecule is BrCCCCCCCCCOc1ccc2cccnc2c1. The number of unbranched alkanes of at least 4 members (excludes halogenated alkanes) is 6. The van der Waals surface area contributed by atoms with E-state index in [1.54, 1.807) is 0 Å². The summed E-state index contributed by atoms with van der Waals surface area (Å²) in [7, 11) is 0. The number of fused-ring (bicyclic) bond motifs is 1. The number of halogens is 1. The van der Waals surface area contributed by atoms with Crippen LogP contribution in [-0.4, -0.2) is 16.9 Å². The van der Waals surface area contributed by atoms with Crippen LogP contribution in [-0.2, 0) is 0 Å². The van der Waals surface area contributed by atoms with Crippen molar-refractivity contribution in [2.24, 2.45) is 0 Å². The molecule has 0 aliphatic carbocycles. The Kier molecular flexibility index (Phi) is 7.58. The number of alkyl halides is 1. The molecule has 3 heteroatoms. The second-order valence-corrected chi connectivity index (χ2v) is 6.16. The Balaban J connectivity index is 1.59. The van der Waals surface area contributed by atoms with Gasteiger partial charge in [-0.3, -0.25) is 4.98 Å². The van der Waals surface area contributed by atoms with Gasteiger partial charge in [0.15, 0.2) is 0 Å². The number of aromatic nitrogens is 1. The molecule has 0 bridgehead atoms. The third-order valence-electron chi connectivity index (χ3n) is 3.62. The summed E-state index contributed by atoms with van der Waals surface area (Å²) in [5.41, 5.74) is 1.00. The maximum Gasteiger partial charge on any atom is 0.121 e. The van der Waals surface area contributed by atoms with Crippen LogP contribution in [0.15, 0.2) is 36.5 Å². The van der Waals surface area contributed by atoms with Gasteiger partial charge in [0.2, 0.25) is 0 Å². The third-order valence-corrected chi connectivity index (χ3v) is 4.18. The molecule has 0 aliphatic rings. The van der Waals surface area contributed by atoms with Crippen LogP contribution in [0.4, 0.5) is 0 Å². The van der Waals surface area contributed by atoms with E-state index >= 15 is 0 Å². The minimum Gasteiger partial charge on any atom is -0.494 e. The maximum atomic E-state index is 5.81. The van der Waals surface area contributed by atoms with E-state index in [1.807, 2.05) is 24.4 Å². The van der Waals surface area contributed by atoms with Gasteiger partial charge in [-0.05, 0) is 31.0 Å². The first-order chi connectivity index (χ1) is 10.4. The molecule has 0 N–H and O–H groups in total. The summed E-state index contributed by atoms with van der Waals surface area (Å²) in [4.78, 5) is 4.35. The van der Waals surface area contributed by atoms with E-state index in [2.05, 4.69) is 33.0 Å². The topological polar surface area (TPSA) is 22.1 Å². The lowest BCUT2D eigenvalue weighted by atomic mass is 10.1. The summed E-state index contributed by atoms with van der Waals surface area (Å²) >= 11 is 3.47. The van der Waals surface area contributed by atoms with Gasteiger partial charge in [-0.2, -0.15) is 0 Å². The van der Waals surface area contributed by atoms with Gasteiger partial charge in [-0.25, -0.2) is 0 Å². The number of pyridine rings is 1. The fraction of sp³-hybridized carbons (Fsp3) is 0.500. The van der Waals surface area contributed by atoms with Crippen LogP contribution < -0.4 is 4.74 Å². The number of hydrogen-bond acceptors (Lipinski definition) is 2. The van der Waals surface area contributed by atoms with Gasteiger partial charge >= 0.3 is 0 Å². The van der Waals surface area contributed by atoms with Crippen molar-refractivity contribution >= 4 is 26.8 Å². The van der Waals surface area contributed by atoms with Gasteiger partial charge in [0.25, 0.3) is 0 Å². The standard InChI is InChI=1S/C18H24BrNO/c19-12-6-4-2-1-3-5-7-14-21-17-11-10-16-9-8-13-20-18(16)15-17/h8-11,13,15H,1-7,12,14H2. The summed E-state index contributed by atoms with van der Waals surface area (Å²) in [6, 6.07) is 10.2. The molecule has 0 aliphatic heterocycles. The number of rotatable bonds is 10. The fourth-order valence-corrected chi connectivity index (χ4v) is 2.80. The average Bonchev–Trinajstić information content (AvgIpc) is 2.53. The van der Waals surface area contributed by atoms with Crippen molar-refractivity contribution in [2.45, 2.75) is 44.9 Å². The van der Waals surface area contributed by atoms with Crippen molar-refractivity contribution in [1.29, 1.82) is 0 Å². The minimum atomic E-state index is 0.805. The summed E-state index contributed by atoms with van der Waals surface area (Å²) in [6.07, 6.45) is 10.9. The van der Waals surface area contributed by atoms with E-state index in [0.29, 0.717) is 0 Å². The summed E-state index contributed by atoms with van der Waals surface area (Å²) < 4.78 is 5.81. The number of hydrogen-bond donors (Lipinski definition) is 0. The third kappa shape index (κ3) is 6.04. The van der Waals surface area contributed by atoms with Gasteiger partial charge in [0.1, 0.15) is 5.75 Å². The van der Waals surface area contributed by atoms with Crippen LogP contribution in [0.25, 0.3) is 10.9 Å². The summed E-state index contributed by atoms with van der Waals surface area (Å²) in [5.74, 6) is 0.929. The molecule has 2 nitrogen and oxygen atoms in total. The first-order valence-electron chi connectivity index (χ1n) is 7.94. The zero-order chi connectivity index (χ0) is 14.8. The van der Waals surface area contributed by atoms with Gasteiger partial charge < -0.3 is 4.74 Å². The second-order valence-electron chi connectivity index (χ2n) is 5.37. The molecule has 2 aromatic rings. The van der Waals surface area contributed by atoms with Crippen molar-refractivity contribution in [1.82, 2.24) is 4.98 Å². The minimum absolute atomic E-state index is 0.805. The molecule has 0 spiro atoms. The number of ether oxygens (including phenoxy) is 1. The Labute approximate surface area is 136 Å². The lowest BCUT2D eigenvalue weighted by molar-refractivity contribution is 0.304. The van der Waals surface area contributed by atoms with Crippen molar-refractivity contribution < 1.29 is 4.74 Å². The Hall–Kier alpha value is -1.09. The van der Waals surface area contributed by atoms with Crippen molar-refractivity contribution in [3.63, 3.8) is 0 Å². The Morgan fingerprint density at radius 2 is 1.67 bits per heavy atom. The highest BCUT2D eigenvalue weighted by Crippen LogP contribution is 2.19. The van der Waals surface area contributed by atoms with Gasteiger partial charge in [-0.1, -0.05) is 54.1 Å². The van der Waals surface area contributed by atoms with E-state index in [-0.39, 0.29) is 0 Å². The highest BCUT2D eigenvalue weighted by molar-refractivity contribution is 9.09. The molecule has 114 valence electrons. The molecule has 1 aromatic carbocycles. The molecule has 1 aromatic heterocycles. The highest BCUT2D eigenvalue weighted by Gasteiger charge is 1.98. The van der Waals surface area contributed by atoms with Crippen LogP contribution in [0.3, 0.4) is 0 Å². The van der Waals surface area contributed by atoms with Gasteiger partial charge in [0.05, 0.1) is 12.1 Å². The second kappa shape index (κ2) is 9.78. The lowest BCUT2D eigenvalue weighted by Gasteiger charge is -2.07. The summed E-state index contributed by atoms with van der Waals surface area (Å²) in [6.45, 7) is 0.805.